The molecule has 0 aliphatic carbocycles. The molecule has 0 saturated carbocycles. The van der Waals surface area contributed by atoms with Crippen LogP contribution in [0.25, 0.3) is 0 Å². The van der Waals surface area contributed by atoms with Crippen LogP contribution in [-0.4, -0.2) is 52.5 Å². The van der Waals surface area contributed by atoms with E-state index in [1.165, 1.54) is 17.7 Å². The Kier molecular flexibility index (Phi) is 11.0. The summed E-state index contributed by atoms with van der Waals surface area (Å²) in [7, 11) is 1.83. The number of ether oxygens (including phenoxy) is 2. The highest BCUT2D eigenvalue weighted by Crippen LogP contribution is 2.27. The third-order valence-corrected chi connectivity index (χ3v) is 3.90. The molecule has 0 atom stereocenters. The minimum Gasteiger partial charge on any atom is -0.379 e. The molecule has 0 aromatic heterocycles. The van der Waals surface area contributed by atoms with Crippen LogP contribution in [0.15, 0.2) is 29.3 Å². The maximum Gasteiger partial charge on any atom is 0.198 e. The van der Waals surface area contributed by atoms with Crippen molar-refractivity contribution in [3.8, 4) is 0 Å². The number of fused-ring (bicyclic) bond motifs is 1. The van der Waals surface area contributed by atoms with Crippen LogP contribution in [0.5, 0.6) is 0 Å². The lowest BCUT2D eigenvalue weighted by atomic mass is 10.2. The Morgan fingerprint density at radius 2 is 1.92 bits per heavy atom. The van der Waals surface area contributed by atoms with Gasteiger partial charge in [0, 0.05) is 32.4 Å². The van der Waals surface area contributed by atoms with Gasteiger partial charge in [0.05, 0.1) is 19.8 Å². The maximum absolute atomic E-state index is 5.58. The van der Waals surface area contributed by atoms with Gasteiger partial charge in [-0.2, -0.15) is 0 Å². The van der Waals surface area contributed by atoms with Crippen molar-refractivity contribution in [3.63, 3.8) is 0 Å². The van der Waals surface area contributed by atoms with Gasteiger partial charge < -0.3 is 19.7 Å². The zero-order valence-electron chi connectivity index (χ0n) is 14.8. The summed E-state index contributed by atoms with van der Waals surface area (Å²) in [4.78, 5) is 6.63. The fourth-order valence-corrected chi connectivity index (χ4v) is 2.66. The molecular formula is C18H30IN3O2. The molecule has 2 rings (SSSR count). The standard InChI is InChI=1S/C18H29N3O2.HI/c1-3-4-12-22-14-15-23-13-10-20-18(19-2)21-11-9-16-7-5-6-8-17(16)21;/h5-8H,3-4,9-15H2,1-2H3,(H,19,20);1H. The third-order valence-electron chi connectivity index (χ3n) is 3.90. The van der Waals surface area contributed by atoms with E-state index in [1.54, 1.807) is 0 Å². The summed E-state index contributed by atoms with van der Waals surface area (Å²) in [6, 6.07) is 8.50. The van der Waals surface area contributed by atoms with Gasteiger partial charge in [-0.15, -0.1) is 24.0 Å². The van der Waals surface area contributed by atoms with E-state index < -0.39 is 0 Å². The number of aliphatic imine (C=N–C) groups is 1. The summed E-state index contributed by atoms with van der Waals surface area (Å²) >= 11 is 0. The van der Waals surface area contributed by atoms with E-state index in [-0.39, 0.29) is 24.0 Å². The molecule has 0 radical (unpaired) electrons. The van der Waals surface area contributed by atoms with Crippen molar-refractivity contribution in [2.45, 2.75) is 26.2 Å². The number of anilines is 1. The number of hydrogen-bond acceptors (Lipinski definition) is 3. The van der Waals surface area contributed by atoms with Crippen molar-refractivity contribution in [2.24, 2.45) is 4.99 Å². The molecule has 0 spiro atoms. The van der Waals surface area contributed by atoms with E-state index in [1.807, 2.05) is 7.05 Å². The normalized spacial score (nSPS) is 13.6. The predicted molar refractivity (Wildman–Crippen MR) is 111 cm³/mol. The number of nitrogens with zero attached hydrogens (tertiary/aromatic N) is 2. The Bertz CT molecular complexity index is 497. The monoisotopic (exact) mass is 447 g/mol. The van der Waals surface area contributed by atoms with Crippen molar-refractivity contribution < 1.29 is 9.47 Å². The smallest absolute Gasteiger partial charge is 0.198 e. The molecule has 1 aromatic rings. The van der Waals surface area contributed by atoms with Gasteiger partial charge in [0.2, 0.25) is 0 Å². The lowest BCUT2D eigenvalue weighted by molar-refractivity contribution is 0.0487. The molecule has 0 bridgehead atoms. The molecule has 1 aliphatic rings. The maximum atomic E-state index is 5.58. The van der Waals surface area contributed by atoms with Crippen LogP contribution < -0.4 is 10.2 Å². The zero-order chi connectivity index (χ0) is 16.3. The quantitative estimate of drug-likeness (QED) is 0.274. The fourth-order valence-electron chi connectivity index (χ4n) is 2.66. The van der Waals surface area contributed by atoms with E-state index >= 15 is 0 Å². The van der Waals surface area contributed by atoms with Gasteiger partial charge in [-0.3, -0.25) is 4.99 Å². The van der Waals surface area contributed by atoms with E-state index in [0.29, 0.717) is 19.8 Å². The molecule has 1 N–H and O–H groups in total. The molecule has 5 nitrogen and oxygen atoms in total. The summed E-state index contributed by atoms with van der Waals surface area (Å²) in [5.74, 6) is 0.915. The average molecular weight is 447 g/mol. The number of unbranched alkanes of at least 4 members (excludes halogenated alkanes) is 1. The second-order valence-electron chi connectivity index (χ2n) is 5.58. The first kappa shape index (κ1) is 21.2. The number of para-hydroxylation sites is 1. The van der Waals surface area contributed by atoms with Crippen LogP contribution in [0.3, 0.4) is 0 Å². The number of benzene rings is 1. The molecule has 1 aliphatic heterocycles. The highest BCUT2D eigenvalue weighted by molar-refractivity contribution is 14.0. The fraction of sp³-hybridized carbons (Fsp3) is 0.611. The largest absolute Gasteiger partial charge is 0.379 e. The summed E-state index contributed by atoms with van der Waals surface area (Å²) in [6.45, 7) is 6.71. The predicted octanol–water partition coefficient (Wildman–Crippen LogP) is 3.08. The summed E-state index contributed by atoms with van der Waals surface area (Å²) < 4.78 is 11.0. The third kappa shape index (κ3) is 6.57. The van der Waals surface area contributed by atoms with E-state index in [4.69, 9.17) is 9.47 Å². The molecule has 24 heavy (non-hydrogen) atoms. The molecule has 0 amide bonds. The van der Waals surface area contributed by atoms with Crippen molar-refractivity contribution in [2.75, 3.05) is 51.5 Å². The van der Waals surface area contributed by atoms with Gasteiger partial charge in [0.25, 0.3) is 0 Å². The lowest BCUT2D eigenvalue weighted by Gasteiger charge is -2.22. The van der Waals surface area contributed by atoms with Crippen LogP contribution in [-0.2, 0) is 15.9 Å². The van der Waals surface area contributed by atoms with Crippen molar-refractivity contribution >= 4 is 35.6 Å². The highest BCUT2D eigenvalue weighted by Gasteiger charge is 2.21. The van der Waals surface area contributed by atoms with E-state index in [2.05, 4.69) is 46.4 Å². The van der Waals surface area contributed by atoms with Crippen molar-refractivity contribution in [1.82, 2.24) is 5.32 Å². The van der Waals surface area contributed by atoms with Gasteiger partial charge in [-0.05, 0) is 24.5 Å². The average Bonchev–Trinajstić information content (AvgIpc) is 3.01. The second-order valence-corrected chi connectivity index (χ2v) is 5.58. The summed E-state index contributed by atoms with van der Waals surface area (Å²) in [5.41, 5.74) is 2.64. The molecule has 136 valence electrons. The van der Waals surface area contributed by atoms with E-state index in [9.17, 15) is 0 Å². The minimum absolute atomic E-state index is 0. The molecule has 1 heterocycles. The first-order valence-electron chi connectivity index (χ1n) is 8.58. The Hall–Kier alpha value is -0.860. The molecule has 6 heteroatoms. The number of halogens is 1. The molecule has 1 aromatic carbocycles. The van der Waals surface area contributed by atoms with E-state index in [0.717, 1.165) is 38.5 Å². The van der Waals surface area contributed by atoms with Crippen LogP contribution >= 0.6 is 24.0 Å². The zero-order valence-corrected chi connectivity index (χ0v) is 17.1. The van der Waals surface area contributed by atoms with Gasteiger partial charge in [0.1, 0.15) is 0 Å². The first-order valence-corrected chi connectivity index (χ1v) is 8.58. The van der Waals surface area contributed by atoms with Crippen molar-refractivity contribution in [3.05, 3.63) is 29.8 Å². The Labute approximate surface area is 162 Å². The summed E-state index contributed by atoms with van der Waals surface area (Å²) in [6.07, 6.45) is 3.36. The Morgan fingerprint density at radius 3 is 2.67 bits per heavy atom. The number of rotatable bonds is 9. The highest BCUT2D eigenvalue weighted by atomic mass is 127. The number of hydrogen-bond donors (Lipinski definition) is 1. The topological polar surface area (TPSA) is 46.1 Å². The molecular weight excluding hydrogens is 417 g/mol. The SMILES string of the molecule is CCCCOCCOCCNC(=NC)N1CCc2ccccc21.I. The van der Waals surface area contributed by atoms with Gasteiger partial charge >= 0.3 is 0 Å². The Morgan fingerprint density at radius 1 is 1.17 bits per heavy atom. The van der Waals surface area contributed by atoms with Gasteiger partial charge in [-0.1, -0.05) is 31.5 Å². The van der Waals surface area contributed by atoms with Crippen LogP contribution in [0, 0.1) is 0 Å². The number of nitrogens with one attached hydrogen (secondary N) is 1. The van der Waals surface area contributed by atoms with Crippen LogP contribution in [0.2, 0.25) is 0 Å². The van der Waals surface area contributed by atoms with Crippen LogP contribution in [0.1, 0.15) is 25.3 Å². The minimum atomic E-state index is 0. The molecule has 0 fully saturated rings. The lowest BCUT2D eigenvalue weighted by Crippen LogP contribution is -2.41. The Balaban J connectivity index is 0.00000288. The van der Waals surface area contributed by atoms with Crippen LogP contribution in [0.4, 0.5) is 5.69 Å². The van der Waals surface area contributed by atoms with Gasteiger partial charge in [-0.25, -0.2) is 0 Å². The summed E-state index contributed by atoms with van der Waals surface area (Å²) in [5, 5.41) is 3.37. The number of guanidine groups is 1. The molecule has 0 saturated heterocycles. The second kappa shape index (κ2) is 12.5. The first-order chi connectivity index (χ1) is 11.4. The van der Waals surface area contributed by atoms with Crippen molar-refractivity contribution in [1.29, 1.82) is 0 Å². The van der Waals surface area contributed by atoms with Gasteiger partial charge in [0.15, 0.2) is 5.96 Å². The molecule has 0 unspecified atom stereocenters.